The van der Waals surface area contributed by atoms with Crippen LogP contribution in [0.25, 0.3) is 0 Å². The number of esters is 2. The van der Waals surface area contributed by atoms with Crippen molar-refractivity contribution in [3.63, 3.8) is 0 Å². The van der Waals surface area contributed by atoms with Gasteiger partial charge in [0.05, 0.1) is 17.3 Å². The summed E-state index contributed by atoms with van der Waals surface area (Å²) in [5.74, 6) is 0.885. The van der Waals surface area contributed by atoms with Gasteiger partial charge in [-0.05, 0) is 24.3 Å². The lowest BCUT2D eigenvalue weighted by molar-refractivity contribution is 0.0711. The van der Waals surface area contributed by atoms with E-state index >= 15 is 0 Å². The van der Waals surface area contributed by atoms with Crippen LogP contribution in [0.1, 0.15) is 26.3 Å². The molecule has 3 aromatic rings. The number of aromatic nitrogens is 2. The van der Waals surface area contributed by atoms with E-state index in [1.165, 1.54) is 6.20 Å². The van der Waals surface area contributed by atoms with E-state index in [0.717, 1.165) is 0 Å². The van der Waals surface area contributed by atoms with Gasteiger partial charge in [-0.3, -0.25) is 0 Å². The molecular formula is C20H12N2O4. The molecule has 3 rings (SSSR count). The number of hydrogen-bond acceptors (Lipinski definition) is 6. The van der Waals surface area contributed by atoms with Crippen molar-refractivity contribution < 1.29 is 19.1 Å². The third-order valence-electron chi connectivity index (χ3n) is 3.28. The molecule has 0 spiro atoms. The van der Waals surface area contributed by atoms with Gasteiger partial charge in [0, 0.05) is 0 Å². The van der Waals surface area contributed by atoms with E-state index in [1.54, 1.807) is 60.7 Å². The first-order chi connectivity index (χ1) is 12.7. The van der Waals surface area contributed by atoms with Crippen LogP contribution in [0.3, 0.4) is 0 Å². The van der Waals surface area contributed by atoms with E-state index in [9.17, 15) is 9.59 Å². The first-order valence-electron chi connectivity index (χ1n) is 7.55. The maximum absolute atomic E-state index is 12.2. The minimum Gasteiger partial charge on any atom is -0.402 e. The normalized spacial score (nSPS) is 9.81. The van der Waals surface area contributed by atoms with Crippen LogP contribution in [0, 0.1) is 12.3 Å². The topological polar surface area (TPSA) is 78.4 Å². The SMILES string of the molecule is C#Cc1cnc(OC(=O)c2ccccc2)nc1OC(=O)c1ccccc1. The summed E-state index contributed by atoms with van der Waals surface area (Å²) in [5.41, 5.74) is 0.825. The molecule has 0 aliphatic carbocycles. The lowest BCUT2D eigenvalue weighted by atomic mass is 10.2. The van der Waals surface area contributed by atoms with Crippen LogP contribution in [0.4, 0.5) is 0 Å². The van der Waals surface area contributed by atoms with Gasteiger partial charge in [0.2, 0.25) is 5.88 Å². The van der Waals surface area contributed by atoms with E-state index in [1.807, 2.05) is 0 Å². The Labute approximate surface area is 149 Å². The molecule has 0 atom stereocenters. The Hall–Kier alpha value is -3.98. The monoisotopic (exact) mass is 344 g/mol. The Bertz CT molecular complexity index is 980. The molecule has 0 unspecified atom stereocenters. The number of nitrogens with zero attached hydrogens (tertiary/aromatic N) is 2. The molecule has 1 aromatic heterocycles. The molecule has 6 nitrogen and oxygen atoms in total. The molecule has 2 aromatic carbocycles. The number of rotatable bonds is 4. The maximum Gasteiger partial charge on any atom is 0.345 e. The summed E-state index contributed by atoms with van der Waals surface area (Å²) in [6.07, 6.45) is 6.62. The van der Waals surface area contributed by atoms with Crippen LogP contribution < -0.4 is 9.47 Å². The van der Waals surface area contributed by atoms with Crippen molar-refractivity contribution in [3.05, 3.63) is 83.6 Å². The Balaban J connectivity index is 1.82. The van der Waals surface area contributed by atoms with Crippen molar-refractivity contribution >= 4 is 11.9 Å². The van der Waals surface area contributed by atoms with Crippen LogP contribution in [0.2, 0.25) is 0 Å². The fourth-order valence-corrected chi connectivity index (χ4v) is 2.01. The van der Waals surface area contributed by atoms with Crippen LogP contribution in [-0.4, -0.2) is 21.9 Å². The van der Waals surface area contributed by atoms with Gasteiger partial charge in [-0.1, -0.05) is 42.3 Å². The molecule has 0 saturated carbocycles. The summed E-state index contributed by atoms with van der Waals surface area (Å²) in [6.45, 7) is 0. The van der Waals surface area contributed by atoms with E-state index in [4.69, 9.17) is 15.9 Å². The van der Waals surface area contributed by atoms with Crippen LogP contribution in [0.15, 0.2) is 66.9 Å². The summed E-state index contributed by atoms with van der Waals surface area (Å²) >= 11 is 0. The van der Waals surface area contributed by atoms with E-state index in [2.05, 4.69) is 15.9 Å². The van der Waals surface area contributed by atoms with Crippen molar-refractivity contribution in [1.29, 1.82) is 0 Å². The zero-order valence-corrected chi connectivity index (χ0v) is 13.5. The zero-order chi connectivity index (χ0) is 18.4. The average Bonchev–Trinajstić information content (AvgIpc) is 2.69. The van der Waals surface area contributed by atoms with Crippen molar-refractivity contribution in [2.45, 2.75) is 0 Å². The molecule has 0 fully saturated rings. The summed E-state index contributed by atoms with van der Waals surface area (Å²) in [7, 11) is 0. The highest BCUT2D eigenvalue weighted by molar-refractivity contribution is 5.91. The van der Waals surface area contributed by atoms with E-state index in [-0.39, 0.29) is 17.5 Å². The quantitative estimate of drug-likeness (QED) is 0.535. The van der Waals surface area contributed by atoms with Gasteiger partial charge >= 0.3 is 17.9 Å². The number of carbonyl (C=O) groups excluding carboxylic acids is 2. The molecule has 0 radical (unpaired) electrons. The number of hydrogen-bond donors (Lipinski definition) is 0. The predicted octanol–water partition coefficient (Wildman–Crippen LogP) is 2.90. The minimum absolute atomic E-state index is 0.160. The Morgan fingerprint density at radius 2 is 1.38 bits per heavy atom. The van der Waals surface area contributed by atoms with Gasteiger partial charge in [0.25, 0.3) is 0 Å². The number of carbonyl (C=O) groups is 2. The van der Waals surface area contributed by atoms with Gasteiger partial charge in [-0.2, -0.15) is 4.98 Å². The van der Waals surface area contributed by atoms with Gasteiger partial charge in [-0.25, -0.2) is 14.6 Å². The maximum atomic E-state index is 12.2. The molecule has 6 heteroatoms. The molecule has 0 saturated heterocycles. The molecule has 0 bridgehead atoms. The van der Waals surface area contributed by atoms with Gasteiger partial charge in [-0.15, -0.1) is 6.42 Å². The fourth-order valence-electron chi connectivity index (χ4n) is 2.01. The smallest absolute Gasteiger partial charge is 0.345 e. The summed E-state index contributed by atoms with van der Waals surface area (Å²) in [6, 6.07) is 16.4. The Morgan fingerprint density at radius 3 is 1.92 bits per heavy atom. The second kappa shape index (κ2) is 7.73. The zero-order valence-electron chi connectivity index (χ0n) is 13.5. The second-order valence-electron chi connectivity index (χ2n) is 5.03. The molecule has 0 N–H and O–H groups in total. The van der Waals surface area contributed by atoms with Crippen LogP contribution in [0.5, 0.6) is 11.9 Å². The van der Waals surface area contributed by atoms with E-state index in [0.29, 0.717) is 11.1 Å². The van der Waals surface area contributed by atoms with Crippen molar-refractivity contribution in [2.24, 2.45) is 0 Å². The Morgan fingerprint density at radius 1 is 0.846 bits per heavy atom. The van der Waals surface area contributed by atoms with E-state index < -0.39 is 11.9 Å². The molecular weight excluding hydrogens is 332 g/mol. The summed E-state index contributed by atoms with van der Waals surface area (Å²) in [4.78, 5) is 32.1. The highest BCUT2D eigenvalue weighted by atomic mass is 16.6. The fraction of sp³-hybridized carbons (Fsp3) is 0. The van der Waals surface area contributed by atoms with Crippen LogP contribution >= 0.6 is 0 Å². The minimum atomic E-state index is -0.639. The highest BCUT2D eigenvalue weighted by Gasteiger charge is 2.16. The average molecular weight is 344 g/mol. The van der Waals surface area contributed by atoms with Crippen molar-refractivity contribution in [3.8, 4) is 24.2 Å². The molecule has 0 amide bonds. The third-order valence-corrected chi connectivity index (χ3v) is 3.28. The lowest BCUT2D eigenvalue weighted by Crippen LogP contribution is -2.14. The molecule has 0 aliphatic rings. The molecule has 26 heavy (non-hydrogen) atoms. The third kappa shape index (κ3) is 3.91. The van der Waals surface area contributed by atoms with Crippen molar-refractivity contribution in [2.75, 3.05) is 0 Å². The largest absolute Gasteiger partial charge is 0.402 e. The first-order valence-corrected chi connectivity index (χ1v) is 7.55. The molecule has 0 aliphatic heterocycles. The lowest BCUT2D eigenvalue weighted by Gasteiger charge is -2.07. The molecule has 126 valence electrons. The standard InChI is InChI=1S/C20H12N2O4/c1-2-14-13-21-20(26-19(24)16-11-7-4-8-12-16)22-17(14)25-18(23)15-9-5-3-6-10-15/h1,3-13H. The molecule has 1 heterocycles. The van der Waals surface area contributed by atoms with Crippen molar-refractivity contribution in [1.82, 2.24) is 9.97 Å². The van der Waals surface area contributed by atoms with Gasteiger partial charge < -0.3 is 9.47 Å². The first kappa shape index (κ1) is 16.9. The summed E-state index contributed by atoms with van der Waals surface area (Å²) < 4.78 is 10.3. The van der Waals surface area contributed by atoms with Gasteiger partial charge in [0.1, 0.15) is 5.56 Å². The van der Waals surface area contributed by atoms with Gasteiger partial charge in [0.15, 0.2) is 0 Å². The highest BCUT2D eigenvalue weighted by Crippen LogP contribution is 2.19. The number of ether oxygens (including phenoxy) is 2. The number of benzene rings is 2. The second-order valence-corrected chi connectivity index (χ2v) is 5.03. The number of terminal acetylenes is 1. The van der Waals surface area contributed by atoms with Crippen LogP contribution in [-0.2, 0) is 0 Å². The Kier molecular flexibility index (Phi) is 5.01. The predicted molar refractivity (Wildman–Crippen MR) is 92.8 cm³/mol. The summed E-state index contributed by atoms with van der Waals surface area (Å²) in [5, 5.41) is 0.